The normalized spacial score (nSPS) is 24.8. The van der Waals surface area contributed by atoms with Crippen LogP contribution in [0.25, 0.3) is 0 Å². The lowest BCUT2D eigenvalue weighted by Gasteiger charge is -2.31. The average Bonchev–Trinajstić information content (AvgIpc) is 2.75. The molecule has 0 unspecified atom stereocenters. The van der Waals surface area contributed by atoms with Gasteiger partial charge < -0.3 is 10.1 Å². The molecular weight excluding hydrogens is 308 g/mol. The number of benzene rings is 1. The quantitative estimate of drug-likeness (QED) is 0.863. The number of rotatable bonds is 1. The highest BCUT2D eigenvalue weighted by Crippen LogP contribution is 2.47. The number of nitrogens with zero attached hydrogens (tertiary/aromatic N) is 1. The number of amides is 1. The van der Waals surface area contributed by atoms with E-state index in [2.05, 4.69) is 27.3 Å². The molecule has 2 aliphatic heterocycles. The van der Waals surface area contributed by atoms with E-state index in [0.29, 0.717) is 12.5 Å². The van der Waals surface area contributed by atoms with Crippen LogP contribution in [-0.2, 0) is 4.74 Å². The van der Waals surface area contributed by atoms with Crippen LogP contribution in [0.15, 0.2) is 22.7 Å². The Labute approximate surface area is 121 Å². The molecule has 0 radical (unpaired) electrons. The topological polar surface area (TPSA) is 41.6 Å². The molecule has 0 aromatic heterocycles. The molecule has 1 aromatic carbocycles. The molecular formula is C14H17BrN2O2. The van der Waals surface area contributed by atoms with Crippen LogP contribution in [0.2, 0.25) is 0 Å². The first-order valence-electron chi connectivity index (χ1n) is 6.69. The van der Waals surface area contributed by atoms with E-state index in [1.807, 2.05) is 24.0 Å². The second kappa shape index (κ2) is 5.13. The molecule has 1 saturated heterocycles. The number of nitrogens with one attached hydrogen (secondary N) is 1. The number of hydrogen-bond acceptors (Lipinski definition) is 3. The Morgan fingerprint density at radius 2 is 2.42 bits per heavy atom. The van der Waals surface area contributed by atoms with Gasteiger partial charge in [0.15, 0.2) is 0 Å². The average molecular weight is 325 g/mol. The van der Waals surface area contributed by atoms with Crippen LogP contribution in [0.1, 0.15) is 24.8 Å². The van der Waals surface area contributed by atoms with Gasteiger partial charge in [0.1, 0.15) is 0 Å². The van der Waals surface area contributed by atoms with Gasteiger partial charge in [0.25, 0.3) is 0 Å². The Hall–Kier alpha value is -1.07. The van der Waals surface area contributed by atoms with Crippen molar-refractivity contribution in [3.05, 3.63) is 28.2 Å². The zero-order valence-electron chi connectivity index (χ0n) is 10.9. The number of hydrogen-bond donors (Lipinski definition) is 1. The van der Waals surface area contributed by atoms with Crippen molar-refractivity contribution in [2.24, 2.45) is 0 Å². The van der Waals surface area contributed by atoms with Crippen LogP contribution in [0.3, 0.4) is 0 Å². The molecule has 5 heteroatoms. The third kappa shape index (κ3) is 2.05. The minimum absolute atomic E-state index is 0.217. The van der Waals surface area contributed by atoms with Gasteiger partial charge in [-0.2, -0.15) is 0 Å². The summed E-state index contributed by atoms with van der Waals surface area (Å²) in [6.45, 7) is 4.12. The number of piperidine rings is 1. The van der Waals surface area contributed by atoms with Crippen molar-refractivity contribution in [1.29, 1.82) is 0 Å². The first kappa shape index (κ1) is 12.9. The van der Waals surface area contributed by atoms with Crippen LogP contribution < -0.4 is 10.2 Å². The number of carbonyl (C=O) groups excluding carboxylic acids is 1. The Kier molecular flexibility index (Phi) is 3.50. The zero-order valence-corrected chi connectivity index (χ0v) is 12.4. The highest BCUT2D eigenvalue weighted by Gasteiger charge is 2.44. The van der Waals surface area contributed by atoms with E-state index in [1.54, 1.807) is 0 Å². The van der Waals surface area contributed by atoms with E-state index < -0.39 is 0 Å². The Bertz CT molecular complexity index is 506. The van der Waals surface area contributed by atoms with E-state index in [4.69, 9.17) is 4.74 Å². The summed E-state index contributed by atoms with van der Waals surface area (Å²) < 4.78 is 6.20. The van der Waals surface area contributed by atoms with Gasteiger partial charge in [-0.1, -0.05) is 12.1 Å². The molecule has 0 saturated carbocycles. The van der Waals surface area contributed by atoms with E-state index in [1.165, 1.54) is 5.56 Å². The standard InChI is InChI=1S/C14H17BrN2O2/c1-2-19-14(18)17-12-6-7-16-8-10(12)9-4-3-5-11(15)13(9)17/h3-5,10,12,16H,2,6-8H2,1H3/t10-,12-/m0/s1. The van der Waals surface area contributed by atoms with E-state index in [9.17, 15) is 4.79 Å². The lowest BCUT2D eigenvalue weighted by Crippen LogP contribution is -2.46. The lowest BCUT2D eigenvalue weighted by molar-refractivity contribution is 0.156. The van der Waals surface area contributed by atoms with Crippen molar-refractivity contribution in [1.82, 2.24) is 5.32 Å². The van der Waals surface area contributed by atoms with Crippen molar-refractivity contribution in [2.75, 3.05) is 24.6 Å². The van der Waals surface area contributed by atoms with Gasteiger partial charge in [0.2, 0.25) is 0 Å². The largest absolute Gasteiger partial charge is 0.449 e. The molecule has 1 aromatic rings. The summed E-state index contributed by atoms with van der Waals surface area (Å²) in [5, 5.41) is 3.41. The third-order valence-electron chi connectivity index (χ3n) is 3.90. The SMILES string of the molecule is CCOC(=O)N1c2c(Br)cccc2[C@@H]2CNCC[C@@H]21. The number of para-hydroxylation sites is 1. The fraction of sp³-hybridized carbons (Fsp3) is 0.500. The number of fused-ring (bicyclic) bond motifs is 3. The molecule has 1 amide bonds. The van der Waals surface area contributed by atoms with Crippen LogP contribution in [0.4, 0.5) is 10.5 Å². The monoisotopic (exact) mass is 324 g/mol. The van der Waals surface area contributed by atoms with Crippen molar-refractivity contribution in [3.8, 4) is 0 Å². The number of carbonyl (C=O) groups is 1. The van der Waals surface area contributed by atoms with Crippen LogP contribution >= 0.6 is 15.9 Å². The summed E-state index contributed by atoms with van der Waals surface area (Å²) in [6.07, 6.45) is 0.731. The fourth-order valence-corrected chi connectivity index (χ4v) is 3.71. The van der Waals surface area contributed by atoms with Crippen molar-refractivity contribution >= 4 is 27.7 Å². The van der Waals surface area contributed by atoms with Gasteiger partial charge in [0, 0.05) is 23.0 Å². The number of anilines is 1. The summed E-state index contributed by atoms with van der Waals surface area (Å²) >= 11 is 3.57. The minimum Gasteiger partial charge on any atom is -0.449 e. The number of halogens is 1. The lowest BCUT2D eigenvalue weighted by atomic mass is 9.90. The Morgan fingerprint density at radius 3 is 3.21 bits per heavy atom. The summed E-state index contributed by atoms with van der Waals surface area (Å²) in [5.74, 6) is 0.366. The van der Waals surface area contributed by atoms with Crippen LogP contribution in [-0.4, -0.2) is 31.8 Å². The molecule has 102 valence electrons. The van der Waals surface area contributed by atoms with Gasteiger partial charge >= 0.3 is 6.09 Å². The second-order valence-corrected chi connectivity index (χ2v) is 5.77. The van der Waals surface area contributed by atoms with Crippen molar-refractivity contribution in [2.45, 2.75) is 25.3 Å². The Morgan fingerprint density at radius 1 is 1.58 bits per heavy atom. The van der Waals surface area contributed by atoms with Gasteiger partial charge in [-0.3, -0.25) is 4.90 Å². The van der Waals surface area contributed by atoms with Crippen molar-refractivity contribution < 1.29 is 9.53 Å². The highest BCUT2D eigenvalue weighted by atomic mass is 79.9. The molecule has 0 aliphatic carbocycles. The first-order valence-corrected chi connectivity index (χ1v) is 7.48. The van der Waals surface area contributed by atoms with E-state index in [0.717, 1.165) is 29.7 Å². The predicted molar refractivity (Wildman–Crippen MR) is 77.7 cm³/mol. The third-order valence-corrected chi connectivity index (χ3v) is 4.54. The predicted octanol–water partition coefficient (Wildman–Crippen LogP) is 2.87. The van der Waals surface area contributed by atoms with Gasteiger partial charge in [-0.15, -0.1) is 0 Å². The summed E-state index contributed by atoms with van der Waals surface area (Å²) in [6, 6.07) is 6.34. The maximum atomic E-state index is 12.3. The molecule has 2 heterocycles. The Balaban J connectivity index is 2.05. The van der Waals surface area contributed by atoms with Gasteiger partial charge in [-0.25, -0.2) is 4.79 Å². The molecule has 2 aliphatic rings. The number of ether oxygens (including phenoxy) is 1. The summed E-state index contributed by atoms with van der Waals surface area (Å²) in [4.78, 5) is 14.1. The second-order valence-electron chi connectivity index (χ2n) is 4.91. The van der Waals surface area contributed by atoms with Crippen molar-refractivity contribution in [3.63, 3.8) is 0 Å². The van der Waals surface area contributed by atoms with Crippen LogP contribution in [0, 0.1) is 0 Å². The maximum Gasteiger partial charge on any atom is 0.414 e. The van der Waals surface area contributed by atoms with Gasteiger partial charge in [0.05, 0.1) is 12.3 Å². The highest BCUT2D eigenvalue weighted by molar-refractivity contribution is 9.10. The molecule has 0 bridgehead atoms. The first-order chi connectivity index (χ1) is 9.24. The molecule has 4 nitrogen and oxygen atoms in total. The molecule has 0 spiro atoms. The van der Waals surface area contributed by atoms with E-state index >= 15 is 0 Å². The van der Waals surface area contributed by atoms with E-state index in [-0.39, 0.29) is 12.1 Å². The molecule has 19 heavy (non-hydrogen) atoms. The fourth-order valence-electron chi connectivity index (χ4n) is 3.14. The molecule has 1 N–H and O–H groups in total. The summed E-state index contributed by atoms with van der Waals surface area (Å²) in [7, 11) is 0. The maximum absolute atomic E-state index is 12.3. The smallest absolute Gasteiger partial charge is 0.414 e. The molecule has 1 fully saturated rings. The van der Waals surface area contributed by atoms with Crippen LogP contribution in [0.5, 0.6) is 0 Å². The molecule has 2 atom stereocenters. The zero-order chi connectivity index (χ0) is 13.4. The van der Waals surface area contributed by atoms with Gasteiger partial charge in [-0.05, 0) is 47.4 Å². The minimum atomic E-state index is -0.231. The molecule has 3 rings (SSSR count). The summed E-state index contributed by atoms with van der Waals surface area (Å²) in [5.41, 5.74) is 2.22.